The molecule has 0 aromatic heterocycles. The van der Waals surface area contributed by atoms with Crippen LogP contribution in [0.15, 0.2) is 72.1 Å². The number of hydrogen-bond acceptors (Lipinski definition) is 1. The predicted molar refractivity (Wildman–Crippen MR) is 104 cm³/mol. The molecule has 0 atom stereocenters. The molecule has 0 radical (unpaired) electrons. The molecule has 0 saturated carbocycles. The first-order valence-electron chi connectivity index (χ1n) is 8.67. The van der Waals surface area contributed by atoms with Crippen LogP contribution in [0, 0.1) is 0 Å². The fourth-order valence-electron chi connectivity index (χ4n) is 3.38. The summed E-state index contributed by atoms with van der Waals surface area (Å²) in [6.07, 6.45) is 3.86. The third-order valence-corrected chi connectivity index (χ3v) is 7.88. The summed E-state index contributed by atoms with van der Waals surface area (Å²) < 4.78 is 18.6. The molecule has 1 aliphatic heterocycles. The van der Waals surface area contributed by atoms with Crippen LogP contribution in [-0.2, 0) is 4.57 Å². The summed E-state index contributed by atoms with van der Waals surface area (Å²) in [5.41, 5.74) is 2.07. The molecule has 0 amide bonds. The Kier molecular flexibility index (Phi) is 5.11. The van der Waals surface area contributed by atoms with E-state index in [0.717, 1.165) is 42.6 Å². The first-order valence-corrected chi connectivity index (χ1v) is 10.3. The van der Waals surface area contributed by atoms with E-state index in [1.165, 1.54) is 0 Å². The summed E-state index contributed by atoms with van der Waals surface area (Å²) in [7, 11) is -2.83. The lowest BCUT2D eigenvalue weighted by molar-refractivity contribution is 0.578. The van der Waals surface area contributed by atoms with Crippen molar-refractivity contribution in [2.75, 3.05) is 22.4 Å². The number of para-hydroxylation sites is 2. The maximum atomic E-state index is 14.4. The standard InChI is InChI=1S/C20H25N2OP/c1-3-11-20(4-2)24(23)21(18-12-7-5-8-13-18)16-17-22(24)19-14-9-6-10-15-19/h5-15H,3-4,16-17H2,1-2H3/b20-11-. The summed E-state index contributed by atoms with van der Waals surface area (Å²) in [5.74, 6) is 0. The second-order valence-corrected chi connectivity index (χ2v) is 8.55. The molecule has 126 valence electrons. The average Bonchev–Trinajstić information content (AvgIpc) is 2.99. The van der Waals surface area contributed by atoms with E-state index >= 15 is 0 Å². The zero-order valence-corrected chi connectivity index (χ0v) is 15.3. The minimum absolute atomic E-state index is 0.775. The molecular formula is C20H25N2OP. The summed E-state index contributed by atoms with van der Waals surface area (Å²) in [6.45, 7) is 5.76. The Morgan fingerprint density at radius 2 is 1.38 bits per heavy atom. The van der Waals surface area contributed by atoms with Crippen molar-refractivity contribution in [3.05, 3.63) is 72.1 Å². The topological polar surface area (TPSA) is 23.6 Å². The van der Waals surface area contributed by atoms with Gasteiger partial charge in [0, 0.05) is 29.8 Å². The van der Waals surface area contributed by atoms with Gasteiger partial charge in [-0.15, -0.1) is 0 Å². The fourth-order valence-corrected chi connectivity index (χ4v) is 6.70. The fraction of sp³-hybridized carbons (Fsp3) is 0.300. The van der Waals surface area contributed by atoms with Crippen LogP contribution in [0.1, 0.15) is 26.7 Å². The van der Waals surface area contributed by atoms with Crippen molar-refractivity contribution in [2.45, 2.75) is 26.7 Å². The molecule has 1 heterocycles. The molecule has 1 saturated heterocycles. The SMILES string of the molecule is CC/C=C(/CC)P1(=O)N(c2ccccc2)CCN1c1ccccc1. The van der Waals surface area contributed by atoms with Crippen LogP contribution < -0.4 is 9.34 Å². The van der Waals surface area contributed by atoms with Crippen LogP contribution in [-0.4, -0.2) is 13.1 Å². The molecule has 0 unspecified atom stereocenters. The van der Waals surface area contributed by atoms with Crippen molar-refractivity contribution >= 4 is 18.8 Å². The molecule has 0 N–H and O–H groups in total. The quantitative estimate of drug-likeness (QED) is 0.632. The monoisotopic (exact) mass is 340 g/mol. The summed E-state index contributed by atoms with van der Waals surface area (Å²) in [5, 5.41) is 1.05. The van der Waals surface area contributed by atoms with Gasteiger partial charge in [-0.3, -0.25) is 4.57 Å². The van der Waals surface area contributed by atoms with Gasteiger partial charge in [-0.25, -0.2) is 0 Å². The minimum Gasteiger partial charge on any atom is -0.302 e. The second-order valence-electron chi connectivity index (χ2n) is 5.92. The first-order chi connectivity index (χ1) is 11.7. The average molecular weight is 340 g/mol. The zero-order chi connectivity index (χ0) is 17.0. The van der Waals surface area contributed by atoms with Gasteiger partial charge in [0.15, 0.2) is 0 Å². The van der Waals surface area contributed by atoms with Crippen molar-refractivity contribution in [1.29, 1.82) is 0 Å². The molecule has 2 aromatic rings. The van der Waals surface area contributed by atoms with Crippen molar-refractivity contribution in [3.63, 3.8) is 0 Å². The Morgan fingerprint density at radius 1 is 0.917 bits per heavy atom. The van der Waals surface area contributed by atoms with Gasteiger partial charge < -0.3 is 9.34 Å². The molecule has 3 rings (SSSR count). The minimum atomic E-state index is -2.83. The van der Waals surface area contributed by atoms with Crippen LogP contribution in [0.25, 0.3) is 0 Å². The number of allylic oxidation sites excluding steroid dienone is 2. The number of hydrogen-bond donors (Lipinski definition) is 0. The highest BCUT2D eigenvalue weighted by Gasteiger charge is 2.45. The van der Waals surface area contributed by atoms with Crippen LogP contribution in [0.3, 0.4) is 0 Å². The second kappa shape index (κ2) is 7.27. The molecular weight excluding hydrogens is 315 g/mol. The van der Waals surface area contributed by atoms with Crippen LogP contribution in [0.5, 0.6) is 0 Å². The van der Waals surface area contributed by atoms with Crippen LogP contribution in [0.4, 0.5) is 11.4 Å². The van der Waals surface area contributed by atoms with E-state index in [1.54, 1.807) is 0 Å². The Labute approximate surface area is 145 Å². The van der Waals surface area contributed by atoms with E-state index in [4.69, 9.17) is 0 Å². The highest BCUT2D eigenvalue weighted by atomic mass is 31.2. The van der Waals surface area contributed by atoms with Gasteiger partial charge in [0.25, 0.3) is 7.44 Å². The van der Waals surface area contributed by atoms with Crippen molar-refractivity contribution < 1.29 is 4.57 Å². The summed E-state index contributed by atoms with van der Waals surface area (Å²) in [4.78, 5) is 0. The lowest BCUT2D eigenvalue weighted by atomic mass is 10.3. The van der Waals surface area contributed by atoms with E-state index in [9.17, 15) is 4.57 Å². The maximum Gasteiger partial charge on any atom is 0.288 e. The summed E-state index contributed by atoms with van der Waals surface area (Å²) in [6, 6.07) is 20.3. The smallest absolute Gasteiger partial charge is 0.288 e. The van der Waals surface area contributed by atoms with Gasteiger partial charge in [-0.2, -0.15) is 0 Å². The molecule has 3 nitrogen and oxygen atoms in total. The Balaban J connectivity index is 2.12. The lowest BCUT2D eigenvalue weighted by Crippen LogP contribution is -2.20. The van der Waals surface area contributed by atoms with Crippen molar-refractivity contribution in [1.82, 2.24) is 0 Å². The van der Waals surface area contributed by atoms with Gasteiger partial charge in [-0.05, 0) is 37.1 Å². The lowest BCUT2D eigenvalue weighted by Gasteiger charge is -2.34. The van der Waals surface area contributed by atoms with Crippen molar-refractivity contribution in [2.24, 2.45) is 0 Å². The van der Waals surface area contributed by atoms with E-state index < -0.39 is 7.44 Å². The summed E-state index contributed by atoms with van der Waals surface area (Å²) >= 11 is 0. The van der Waals surface area contributed by atoms with Crippen LogP contribution in [0.2, 0.25) is 0 Å². The molecule has 0 spiro atoms. The van der Waals surface area contributed by atoms with Gasteiger partial charge in [0.05, 0.1) is 0 Å². The van der Waals surface area contributed by atoms with Crippen molar-refractivity contribution in [3.8, 4) is 0 Å². The molecule has 4 heteroatoms. The Bertz CT molecular complexity index is 691. The number of benzene rings is 2. The van der Waals surface area contributed by atoms with E-state index in [1.807, 2.05) is 36.4 Å². The predicted octanol–water partition coefficient (Wildman–Crippen LogP) is 5.91. The van der Waals surface area contributed by atoms with Crippen LogP contribution >= 0.6 is 7.44 Å². The number of rotatable bonds is 5. The third kappa shape index (κ3) is 2.89. The molecule has 1 fully saturated rings. The first kappa shape index (κ1) is 16.9. The largest absolute Gasteiger partial charge is 0.302 e. The van der Waals surface area contributed by atoms with Gasteiger partial charge in [-0.1, -0.05) is 56.3 Å². The van der Waals surface area contributed by atoms with E-state index in [0.29, 0.717) is 0 Å². The number of nitrogens with zero attached hydrogens (tertiary/aromatic N) is 2. The number of anilines is 2. The molecule has 2 aromatic carbocycles. The van der Waals surface area contributed by atoms with Gasteiger partial charge >= 0.3 is 0 Å². The highest BCUT2D eigenvalue weighted by molar-refractivity contribution is 7.71. The molecule has 0 bridgehead atoms. The zero-order valence-electron chi connectivity index (χ0n) is 14.4. The molecule has 1 aliphatic rings. The van der Waals surface area contributed by atoms with E-state index in [2.05, 4.69) is 53.5 Å². The normalized spacial score (nSPS) is 17.3. The van der Waals surface area contributed by atoms with E-state index in [-0.39, 0.29) is 0 Å². The Morgan fingerprint density at radius 3 is 1.75 bits per heavy atom. The van der Waals surface area contributed by atoms with Gasteiger partial charge in [0.2, 0.25) is 0 Å². The highest BCUT2D eigenvalue weighted by Crippen LogP contribution is 2.66. The van der Waals surface area contributed by atoms with Gasteiger partial charge in [0.1, 0.15) is 0 Å². The molecule has 24 heavy (non-hydrogen) atoms. The molecule has 0 aliphatic carbocycles. The maximum absolute atomic E-state index is 14.4. The Hall–Kier alpha value is -1.99. The third-order valence-electron chi connectivity index (χ3n) is 4.46.